The quantitative estimate of drug-likeness (QED) is 0.745. The highest BCUT2D eigenvalue weighted by molar-refractivity contribution is 6.42. The second kappa shape index (κ2) is 6.20. The first-order valence-electron chi connectivity index (χ1n) is 6.68. The summed E-state index contributed by atoms with van der Waals surface area (Å²) in [4.78, 5) is 15.0. The number of aromatic nitrogens is 1. The van der Waals surface area contributed by atoms with Crippen molar-refractivity contribution in [3.63, 3.8) is 0 Å². The topological polar surface area (TPSA) is 83.6 Å². The number of benzene rings is 2. The molecule has 118 valence electrons. The van der Waals surface area contributed by atoms with E-state index < -0.39 is 12.1 Å². The average Bonchev–Trinajstić information content (AvgIpc) is 2.92. The molecule has 7 heteroatoms. The first kappa shape index (κ1) is 15.8. The van der Waals surface area contributed by atoms with E-state index in [1.165, 1.54) is 0 Å². The molecule has 1 unspecified atom stereocenters. The number of oxazole rings is 1. The molecule has 0 saturated carbocycles. The maximum absolute atomic E-state index is 10.8. The predicted molar refractivity (Wildman–Crippen MR) is 85.9 cm³/mol. The second-order valence-electron chi connectivity index (χ2n) is 5.00. The molecule has 3 aromatic rings. The smallest absolute Gasteiger partial charge is 0.307 e. The number of fused-ring (bicyclic) bond motifs is 1. The molecule has 1 atom stereocenters. The van der Waals surface area contributed by atoms with Crippen molar-refractivity contribution in [2.75, 3.05) is 0 Å². The van der Waals surface area contributed by atoms with Gasteiger partial charge in [-0.25, -0.2) is 4.98 Å². The number of aliphatic hydroxyl groups excluding tert-OH is 1. The molecule has 0 bridgehead atoms. The van der Waals surface area contributed by atoms with Gasteiger partial charge in [0.05, 0.1) is 16.5 Å². The van der Waals surface area contributed by atoms with Crippen LogP contribution in [0.15, 0.2) is 40.8 Å². The number of halogens is 2. The molecule has 0 amide bonds. The first-order valence-corrected chi connectivity index (χ1v) is 7.44. The van der Waals surface area contributed by atoms with Crippen LogP contribution in [-0.2, 0) is 11.2 Å². The summed E-state index contributed by atoms with van der Waals surface area (Å²) in [5.74, 6) is -0.828. The normalized spacial score (nSPS) is 12.5. The fraction of sp³-hybridized carbons (Fsp3) is 0.125. The molecule has 0 aliphatic heterocycles. The van der Waals surface area contributed by atoms with Crippen LogP contribution in [0.4, 0.5) is 0 Å². The van der Waals surface area contributed by atoms with E-state index in [1.807, 2.05) is 0 Å². The van der Waals surface area contributed by atoms with Crippen LogP contribution in [0, 0.1) is 0 Å². The highest BCUT2D eigenvalue weighted by atomic mass is 35.5. The highest BCUT2D eigenvalue weighted by Gasteiger charge is 2.19. The third-order valence-corrected chi connectivity index (χ3v) is 4.06. The van der Waals surface area contributed by atoms with E-state index in [2.05, 4.69) is 4.98 Å². The molecule has 23 heavy (non-hydrogen) atoms. The van der Waals surface area contributed by atoms with Gasteiger partial charge < -0.3 is 14.6 Å². The van der Waals surface area contributed by atoms with Crippen molar-refractivity contribution in [3.05, 3.63) is 63.5 Å². The number of aliphatic hydroxyl groups is 1. The predicted octanol–water partition coefficient (Wildman–Crippen LogP) is 3.84. The van der Waals surface area contributed by atoms with Crippen molar-refractivity contribution >= 4 is 40.3 Å². The molecular formula is C16H11Cl2NO4. The fourth-order valence-electron chi connectivity index (χ4n) is 2.21. The molecule has 0 aliphatic carbocycles. The van der Waals surface area contributed by atoms with Crippen molar-refractivity contribution in [2.24, 2.45) is 0 Å². The molecule has 0 spiro atoms. The summed E-state index contributed by atoms with van der Waals surface area (Å²) in [6.07, 6.45) is -1.21. The minimum atomic E-state index is -1.10. The summed E-state index contributed by atoms with van der Waals surface area (Å²) in [6, 6.07) is 9.66. The second-order valence-corrected chi connectivity index (χ2v) is 5.82. The van der Waals surface area contributed by atoms with Crippen molar-refractivity contribution in [1.82, 2.24) is 4.98 Å². The summed E-state index contributed by atoms with van der Waals surface area (Å²) in [5, 5.41) is 19.9. The van der Waals surface area contributed by atoms with E-state index in [0.717, 1.165) is 0 Å². The number of carbonyl (C=O) groups is 1. The Labute approximate surface area is 141 Å². The lowest BCUT2D eigenvalue weighted by molar-refractivity contribution is -0.136. The van der Waals surface area contributed by atoms with Crippen LogP contribution in [0.25, 0.3) is 11.1 Å². The van der Waals surface area contributed by atoms with E-state index in [9.17, 15) is 9.90 Å². The Bertz CT molecular complexity index is 891. The number of hydrogen-bond donors (Lipinski definition) is 2. The van der Waals surface area contributed by atoms with Gasteiger partial charge in [-0.05, 0) is 35.4 Å². The molecule has 1 aromatic heterocycles. The minimum absolute atomic E-state index is 0.103. The lowest BCUT2D eigenvalue weighted by Gasteiger charge is -2.07. The van der Waals surface area contributed by atoms with Crippen LogP contribution in [0.1, 0.15) is 23.1 Å². The molecule has 0 radical (unpaired) electrons. The Balaban J connectivity index is 1.95. The SMILES string of the molecule is O=C(O)Cc1ccc2nc(C(O)c3ccc(Cl)c(Cl)c3)oc2c1. The first-order chi connectivity index (χ1) is 10.9. The van der Waals surface area contributed by atoms with Gasteiger partial charge in [-0.1, -0.05) is 35.3 Å². The van der Waals surface area contributed by atoms with Crippen molar-refractivity contribution in [2.45, 2.75) is 12.5 Å². The van der Waals surface area contributed by atoms with Crippen LogP contribution in [0.5, 0.6) is 0 Å². The fourth-order valence-corrected chi connectivity index (χ4v) is 2.52. The number of nitrogens with zero attached hydrogens (tertiary/aromatic N) is 1. The highest BCUT2D eigenvalue weighted by Crippen LogP contribution is 2.30. The number of rotatable bonds is 4. The number of aliphatic carboxylic acids is 1. The van der Waals surface area contributed by atoms with Gasteiger partial charge in [0, 0.05) is 0 Å². The zero-order chi connectivity index (χ0) is 16.6. The summed E-state index contributed by atoms with van der Waals surface area (Å²) >= 11 is 11.8. The standard InChI is InChI=1S/C16H11Cl2NO4/c17-10-3-2-9(7-11(10)18)15(22)16-19-12-4-1-8(6-14(20)21)5-13(12)23-16/h1-5,7,15,22H,6H2,(H,20,21). The third kappa shape index (κ3) is 3.32. The van der Waals surface area contributed by atoms with Gasteiger partial charge in [0.15, 0.2) is 11.7 Å². The molecule has 3 rings (SSSR count). The summed E-state index contributed by atoms with van der Waals surface area (Å²) in [5.41, 5.74) is 2.04. The van der Waals surface area contributed by atoms with Gasteiger partial charge in [-0.3, -0.25) is 4.79 Å². The van der Waals surface area contributed by atoms with Crippen LogP contribution in [0.3, 0.4) is 0 Å². The van der Waals surface area contributed by atoms with E-state index in [-0.39, 0.29) is 12.3 Å². The van der Waals surface area contributed by atoms with Gasteiger partial charge in [0.2, 0.25) is 5.89 Å². The van der Waals surface area contributed by atoms with Crippen LogP contribution >= 0.6 is 23.2 Å². The van der Waals surface area contributed by atoms with E-state index >= 15 is 0 Å². The van der Waals surface area contributed by atoms with E-state index in [0.29, 0.717) is 32.3 Å². The molecule has 0 saturated heterocycles. The van der Waals surface area contributed by atoms with Crippen molar-refractivity contribution < 1.29 is 19.4 Å². The summed E-state index contributed by atoms with van der Waals surface area (Å²) in [6.45, 7) is 0. The number of carboxylic acid groups (broad SMARTS) is 1. The zero-order valence-electron chi connectivity index (χ0n) is 11.7. The van der Waals surface area contributed by atoms with Crippen molar-refractivity contribution in [3.8, 4) is 0 Å². The molecule has 0 fully saturated rings. The molecule has 1 heterocycles. The van der Waals surface area contributed by atoms with Gasteiger partial charge in [0.1, 0.15) is 5.52 Å². The van der Waals surface area contributed by atoms with Gasteiger partial charge in [-0.2, -0.15) is 0 Å². The van der Waals surface area contributed by atoms with Gasteiger partial charge >= 0.3 is 5.97 Å². The molecule has 2 N–H and O–H groups in total. The lowest BCUT2D eigenvalue weighted by atomic mass is 10.1. The molecular weight excluding hydrogens is 341 g/mol. The maximum atomic E-state index is 10.8. The average molecular weight is 352 g/mol. The van der Waals surface area contributed by atoms with E-state index in [1.54, 1.807) is 36.4 Å². The monoisotopic (exact) mass is 351 g/mol. The maximum Gasteiger partial charge on any atom is 0.307 e. The van der Waals surface area contributed by atoms with Crippen molar-refractivity contribution in [1.29, 1.82) is 0 Å². The Morgan fingerprint density at radius 2 is 1.96 bits per heavy atom. The molecule has 0 aliphatic rings. The Kier molecular flexibility index (Phi) is 4.26. The Morgan fingerprint density at radius 1 is 1.17 bits per heavy atom. The van der Waals surface area contributed by atoms with E-state index in [4.69, 9.17) is 32.7 Å². The summed E-state index contributed by atoms with van der Waals surface area (Å²) < 4.78 is 5.55. The minimum Gasteiger partial charge on any atom is -0.481 e. The molecule has 5 nitrogen and oxygen atoms in total. The zero-order valence-corrected chi connectivity index (χ0v) is 13.2. The largest absolute Gasteiger partial charge is 0.481 e. The Hall–Kier alpha value is -2.08. The van der Waals surface area contributed by atoms with Crippen LogP contribution in [0.2, 0.25) is 10.0 Å². The van der Waals surface area contributed by atoms with Crippen LogP contribution in [-0.4, -0.2) is 21.2 Å². The van der Waals surface area contributed by atoms with Gasteiger partial charge in [-0.15, -0.1) is 0 Å². The third-order valence-electron chi connectivity index (χ3n) is 3.32. The lowest BCUT2D eigenvalue weighted by Crippen LogP contribution is -1.99. The van der Waals surface area contributed by atoms with Crippen LogP contribution < -0.4 is 0 Å². The number of carboxylic acids is 1. The number of hydrogen-bond acceptors (Lipinski definition) is 4. The van der Waals surface area contributed by atoms with Gasteiger partial charge in [0.25, 0.3) is 0 Å². The summed E-state index contributed by atoms with van der Waals surface area (Å²) in [7, 11) is 0. The molecule has 2 aromatic carbocycles. The Morgan fingerprint density at radius 3 is 2.65 bits per heavy atom.